The fraction of sp³-hybridized carbons (Fsp3) is 0.750. The molecule has 0 aliphatic heterocycles. The van der Waals surface area contributed by atoms with Crippen molar-refractivity contribution in [1.29, 1.82) is 0 Å². The largest absolute Gasteiger partial charge is 0.360 e. The van der Waals surface area contributed by atoms with Gasteiger partial charge in [0, 0.05) is 13.1 Å². The van der Waals surface area contributed by atoms with Crippen molar-refractivity contribution in [1.82, 2.24) is 10.2 Å². The van der Waals surface area contributed by atoms with Gasteiger partial charge in [0.25, 0.3) is 0 Å². The van der Waals surface area contributed by atoms with Gasteiger partial charge in [-0.15, -0.1) is 10.2 Å². The molecule has 4 nitrogen and oxygen atoms in total. The highest BCUT2D eigenvalue weighted by molar-refractivity contribution is 7.19. The van der Waals surface area contributed by atoms with Gasteiger partial charge in [-0.25, -0.2) is 0 Å². The number of hydrogen-bond acceptors (Lipinski definition) is 5. The lowest BCUT2D eigenvalue weighted by Crippen LogP contribution is -1.98. The summed E-state index contributed by atoms with van der Waals surface area (Å²) in [6, 6.07) is 0. The van der Waals surface area contributed by atoms with Crippen LogP contribution in [0.15, 0.2) is 0 Å². The van der Waals surface area contributed by atoms with Crippen LogP contribution < -0.4 is 10.6 Å². The fourth-order valence-electron chi connectivity index (χ4n) is 0.830. The first kappa shape index (κ1) is 10.2. The zero-order valence-corrected chi connectivity index (χ0v) is 8.95. The van der Waals surface area contributed by atoms with Crippen molar-refractivity contribution in [2.24, 2.45) is 0 Å². The first-order valence-electron chi connectivity index (χ1n) is 4.68. The van der Waals surface area contributed by atoms with E-state index in [2.05, 4.69) is 34.7 Å². The van der Waals surface area contributed by atoms with Gasteiger partial charge in [-0.2, -0.15) is 0 Å². The van der Waals surface area contributed by atoms with Crippen molar-refractivity contribution in [3.05, 3.63) is 0 Å². The van der Waals surface area contributed by atoms with E-state index >= 15 is 0 Å². The van der Waals surface area contributed by atoms with Crippen molar-refractivity contribution in [2.75, 3.05) is 23.7 Å². The number of aromatic nitrogens is 2. The van der Waals surface area contributed by atoms with E-state index < -0.39 is 0 Å². The maximum atomic E-state index is 4.00. The summed E-state index contributed by atoms with van der Waals surface area (Å²) in [7, 11) is 0. The second kappa shape index (κ2) is 5.75. The van der Waals surface area contributed by atoms with Gasteiger partial charge >= 0.3 is 0 Å². The first-order chi connectivity index (χ1) is 6.36. The SMILES string of the molecule is CCCNc1nnc(NCCC)s1. The lowest BCUT2D eigenvalue weighted by atomic mass is 10.5. The van der Waals surface area contributed by atoms with Crippen LogP contribution in [0.3, 0.4) is 0 Å². The van der Waals surface area contributed by atoms with Crippen molar-refractivity contribution >= 4 is 21.6 Å². The highest BCUT2D eigenvalue weighted by Gasteiger charge is 2.00. The lowest BCUT2D eigenvalue weighted by molar-refractivity contribution is 0.950. The molecule has 5 heteroatoms. The second-order valence-electron chi connectivity index (χ2n) is 2.77. The van der Waals surface area contributed by atoms with Gasteiger partial charge in [0.1, 0.15) is 0 Å². The van der Waals surface area contributed by atoms with Crippen LogP contribution in [0.25, 0.3) is 0 Å². The second-order valence-corrected chi connectivity index (χ2v) is 3.74. The Hall–Kier alpha value is -0.840. The predicted molar refractivity (Wildman–Crippen MR) is 57.5 cm³/mol. The zero-order valence-electron chi connectivity index (χ0n) is 8.13. The average molecular weight is 200 g/mol. The van der Waals surface area contributed by atoms with Crippen molar-refractivity contribution in [3.8, 4) is 0 Å². The number of rotatable bonds is 6. The number of nitrogens with one attached hydrogen (secondary N) is 2. The lowest BCUT2D eigenvalue weighted by Gasteiger charge is -1.96. The van der Waals surface area contributed by atoms with E-state index in [1.807, 2.05) is 0 Å². The molecular weight excluding hydrogens is 184 g/mol. The summed E-state index contributed by atoms with van der Waals surface area (Å²) < 4.78 is 0. The molecule has 74 valence electrons. The minimum absolute atomic E-state index is 0.903. The fourth-order valence-corrected chi connectivity index (χ4v) is 1.52. The Morgan fingerprint density at radius 3 is 1.85 bits per heavy atom. The van der Waals surface area contributed by atoms with Gasteiger partial charge in [-0.1, -0.05) is 25.2 Å². The van der Waals surface area contributed by atoms with Gasteiger partial charge in [0.05, 0.1) is 0 Å². The van der Waals surface area contributed by atoms with Crippen molar-refractivity contribution in [2.45, 2.75) is 26.7 Å². The third kappa shape index (κ3) is 3.59. The molecule has 0 unspecified atom stereocenters. The molecule has 0 saturated carbocycles. The molecule has 1 heterocycles. The Morgan fingerprint density at radius 1 is 1.00 bits per heavy atom. The van der Waals surface area contributed by atoms with E-state index in [0.717, 1.165) is 36.2 Å². The summed E-state index contributed by atoms with van der Waals surface area (Å²) in [6.07, 6.45) is 2.22. The van der Waals surface area contributed by atoms with Gasteiger partial charge in [0.2, 0.25) is 10.3 Å². The zero-order chi connectivity index (χ0) is 9.52. The highest BCUT2D eigenvalue weighted by atomic mass is 32.1. The van der Waals surface area contributed by atoms with Crippen molar-refractivity contribution < 1.29 is 0 Å². The molecule has 2 N–H and O–H groups in total. The maximum Gasteiger partial charge on any atom is 0.207 e. The number of anilines is 2. The van der Waals surface area contributed by atoms with Crippen LogP contribution in [0.2, 0.25) is 0 Å². The van der Waals surface area contributed by atoms with Crippen LogP contribution in [0.1, 0.15) is 26.7 Å². The van der Waals surface area contributed by atoms with Crippen LogP contribution in [0.4, 0.5) is 10.3 Å². The molecule has 1 aromatic rings. The molecular formula is C8H16N4S. The van der Waals surface area contributed by atoms with Gasteiger partial charge in [0.15, 0.2) is 0 Å². The van der Waals surface area contributed by atoms with E-state index in [1.165, 1.54) is 0 Å². The molecule has 0 fully saturated rings. The van der Waals surface area contributed by atoms with Gasteiger partial charge < -0.3 is 10.6 Å². The monoisotopic (exact) mass is 200 g/mol. The van der Waals surface area contributed by atoms with E-state index in [4.69, 9.17) is 0 Å². The normalized spacial score (nSPS) is 10.0. The molecule has 0 radical (unpaired) electrons. The van der Waals surface area contributed by atoms with E-state index in [-0.39, 0.29) is 0 Å². The van der Waals surface area contributed by atoms with Gasteiger partial charge in [-0.05, 0) is 12.8 Å². The Bertz CT molecular complexity index is 213. The topological polar surface area (TPSA) is 49.8 Å². The molecule has 1 aromatic heterocycles. The summed E-state index contributed by atoms with van der Waals surface area (Å²) in [6.45, 7) is 6.18. The molecule has 0 amide bonds. The summed E-state index contributed by atoms with van der Waals surface area (Å²) in [5.74, 6) is 0. The smallest absolute Gasteiger partial charge is 0.207 e. The van der Waals surface area contributed by atoms with Crippen LogP contribution in [0.5, 0.6) is 0 Å². The molecule has 0 atom stereocenters. The minimum atomic E-state index is 0.903. The molecule has 0 aliphatic carbocycles. The molecule has 0 saturated heterocycles. The first-order valence-corrected chi connectivity index (χ1v) is 5.49. The maximum absolute atomic E-state index is 4.00. The summed E-state index contributed by atoms with van der Waals surface area (Å²) in [5.41, 5.74) is 0. The Labute approximate surface area is 82.8 Å². The summed E-state index contributed by atoms with van der Waals surface area (Å²) >= 11 is 1.57. The van der Waals surface area contributed by atoms with Crippen LogP contribution >= 0.6 is 11.3 Å². The molecule has 0 aromatic carbocycles. The average Bonchev–Trinajstić information content (AvgIpc) is 2.59. The van der Waals surface area contributed by atoms with Crippen molar-refractivity contribution in [3.63, 3.8) is 0 Å². The number of nitrogens with zero attached hydrogens (tertiary/aromatic N) is 2. The molecule has 0 aliphatic rings. The van der Waals surface area contributed by atoms with E-state index in [1.54, 1.807) is 11.3 Å². The Balaban J connectivity index is 2.34. The van der Waals surface area contributed by atoms with Crippen LogP contribution in [-0.2, 0) is 0 Å². The molecule has 13 heavy (non-hydrogen) atoms. The standard InChI is InChI=1S/C8H16N4S/c1-3-5-9-7-11-12-8(13-7)10-6-4-2/h3-6H2,1-2H3,(H,9,11)(H,10,12). The van der Waals surface area contributed by atoms with E-state index in [9.17, 15) is 0 Å². The predicted octanol–water partition coefficient (Wildman–Crippen LogP) is 2.18. The molecule has 0 bridgehead atoms. The highest BCUT2D eigenvalue weighted by Crippen LogP contribution is 2.19. The Kier molecular flexibility index (Phi) is 4.53. The Morgan fingerprint density at radius 2 is 1.46 bits per heavy atom. The van der Waals surface area contributed by atoms with Crippen LogP contribution in [0, 0.1) is 0 Å². The van der Waals surface area contributed by atoms with Crippen LogP contribution in [-0.4, -0.2) is 23.3 Å². The summed E-state index contributed by atoms with van der Waals surface area (Å²) in [4.78, 5) is 0. The number of hydrogen-bond donors (Lipinski definition) is 2. The molecule has 0 spiro atoms. The van der Waals surface area contributed by atoms with Gasteiger partial charge in [-0.3, -0.25) is 0 Å². The third-order valence-corrected chi connectivity index (χ3v) is 2.32. The summed E-state index contributed by atoms with van der Waals surface area (Å²) in [5, 5.41) is 16.2. The van der Waals surface area contributed by atoms with E-state index in [0.29, 0.717) is 0 Å². The third-order valence-electron chi connectivity index (χ3n) is 1.48. The quantitative estimate of drug-likeness (QED) is 0.739. The minimum Gasteiger partial charge on any atom is -0.360 e. The molecule has 1 rings (SSSR count).